The van der Waals surface area contributed by atoms with Gasteiger partial charge in [0.15, 0.2) is 0 Å². The Morgan fingerprint density at radius 2 is 2.10 bits per heavy atom. The molecule has 0 fully saturated rings. The van der Waals surface area contributed by atoms with Crippen LogP contribution in [0.4, 0.5) is 4.39 Å². The molecule has 0 amide bonds. The zero-order valence-electron chi connectivity index (χ0n) is 17.3. The molecule has 2 N–H and O–H groups in total. The van der Waals surface area contributed by atoms with E-state index in [1.54, 1.807) is 51.5 Å². The van der Waals surface area contributed by atoms with E-state index in [1.807, 2.05) is 0 Å². The minimum atomic E-state index is -3.71. The number of nitrogens with zero attached hydrogens (tertiary/aromatic N) is 4. The van der Waals surface area contributed by atoms with Crippen LogP contribution in [0, 0.1) is 5.82 Å². The number of halogens is 1. The number of methoxy groups -OCH3 is 1. The van der Waals surface area contributed by atoms with E-state index in [0.29, 0.717) is 23.6 Å². The minimum Gasteiger partial charge on any atom is -0.495 e. The van der Waals surface area contributed by atoms with Crippen LogP contribution in [-0.2, 0) is 22.0 Å². The van der Waals surface area contributed by atoms with Crippen LogP contribution in [-0.4, -0.2) is 56.3 Å². The van der Waals surface area contributed by atoms with Crippen molar-refractivity contribution in [2.75, 3.05) is 27.0 Å². The van der Waals surface area contributed by atoms with Crippen LogP contribution in [0.3, 0.4) is 0 Å². The van der Waals surface area contributed by atoms with Crippen LogP contribution < -0.4 is 10.5 Å². The summed E-state index contributed by atoms with van der Waals surface area (Å²) in [6, 6.07) is 8.13. The third kappa shape index (κ3) is 4.13. The molecule has 0 spiro atoms. The summed E-state index contributed by atoms with van der Waals surface area (Å²) in [7, 11) is 0.832. The predicted molar refractivity (Wildman–Crippen MR) is 114 cm³/mol. The lowest BCUT2D eigenvalue weighted by Crippen LogP contribution is -2.50. The Hall–Kier alpha value is -3.01. The van der Waals surface area contributed by atoms with E-state index in [-0.39, 0.29) is 17.3 Å². The molecule has 0 unspecified atom stereocenters. The van der Waals surface area contributed by atoms with Crippen molar-refractivity contribution in [2.45, 2.75) is 18.9 Å². The number of hydrogen-bond acceptors (Lipinski definition) is 7. The van der Waals surface area contributed by atoms with Gasteiger partial charge in [-0.3, -0.25) is 9.98 Å². The highest BCUT2D eigenvalue weighted by molar-refractivity contribution is 7.89. The van der Waals surface area contributed by atoms with Gasteiger partial charge in [-0.15, -0.1) is 0 Å². The first kappa shape index (κ1) is 21.7. The van der Waals surface area contributed by atoms with Crippen molar-refractivity contribution in [3.05, 3.63) is 59.2 Å². The Balaban J connectivity index is 1.97. The normalized spacial score (nSPS) is 21.3. The van der Waals surface area contributed by atoms with Crippen molar-refractivity contribution in [3.8, 4) is 5.75 Å². The smallest absolute Gasteiger partial charge is 0.239 e. The molecule has 1 aromatic heterocycles. The van der Waals surface area contributed by atoms with Gasteiger partial charge < -0.3 is 10.5 Å². The molecule has 0 aliphatic carbocycles. The van der Waals surface area contributed by atoms with Crippen LogP contribution in [0.5, 0.6) is 5.75 Å². The van der Waals surface area contributed by atoms with Gasteiger partial charge in [0.1, 0.15) is 17.1 Å². The highest BCUT2D eigenvalue weighted by Crippen LogP contribution is 2.34. The quantitative estimate of drug-likeness (QED) is 0.722. The van der Waals surface area contributed by atoms with Crippen LogP contribution in [0.2, 0.25) is 0 Å². The fourth-order valence-electron chi connectivity index (χ4n) is 3.33. The lowest BCUT2D eigenvalue weighted by molar-refractivity contribution is 0.413. The molecule has 0 radical (unpaired) electrons. The van der Waals surface area contributed by atoms with Gasteiger partial charge in [-0.1, -0.05) is 12.1 Å². The maximum Gasteiger partial charge on any atom is 0.239 e. The van der Waals surface area contributed by atoms with Crippen LogP contribution in [0.1, 0.15) is 23.7 Å². The molecule has 1 aliphatic rings. The topological polar surface area (TPSA) is 110 Å². The molecular formula is C20H24FN5O3S. The summed E-state index contributed by atoms with van der Waals surface area (Å²) in [4.78, 5) is 12.9. The molecule has 1 aliphatic heterocycles. The molecule has 1 aromatic carbocycles. The number of nitrogens with two attached hydrogens (primary N) is 1. The summed E-state index contributed by atoms with van der Waals surface area (Å²) in [6.07, 6.45) is 1.98. The van der Waals surface area contributed by atoms with Gasteiger partial charge >= 0.3 is 0 Å². The largest absolute Gasteiger partial charge is 0.495 e. The zero-order valence-corrected chi connectivity index (χ0v) is 18.1. The van der Waals surface area contributed by atoms with Crippen molar-refractivity contribution in [2.24, 2.45) is 15.7 Å². The molecule has 3 rings (SSSR count). The monoisotopic (exact) mass is 433 g/mol. The Kier molecular flexibility index (Phi) is 5.80. The van der Waals surface area contributed by atoms with E-state index in [4.69, 9.17) is 10.5 Å². The highest BCUT2D eigenvalue weighted by Gasteiger charge is 2.41. The second kappa shape index (κ2) is 8.02. The average Bonchev–Trinajstić information content (AvgIpc) is 2.71. The third-order valence-corrected chi connectivity index (χ3v) is 7.03. The second-order valence-corrected chi connectivity index (χ2v) is 9.21. The number of guanidine groups is 1. The third-order valence-electron chi connectivity index (χ3n) is 5.08. The Morgan fingerprint density at radius 1 is 1.37 bits per heavy atom. The van der Waals surface area contributed by atoms with Gasteiger partial charge in [-0.2, -0.15) is 0 Å². The summed E-state index contributed by atoms with van der Waals surface area (Å²) < 4.78 is 45.6. The number of hydrogen-bond donors (Lipinski definition) is 1. The first-order valence-electron chi connectivity index (χ1n) is 9.16. The summed E-state index contributed by atoms with van der Waals surface area (Å²) >= 11 is 0. The van der Waals surface area contributed by atoms with E-state index < -0.39 is 21.4 Å². The van der Waals surface area contributed by atoms with Crippen molar-refractivity contribution in [1.82, 2.24) is 9.29 Å². The summed E-state index contributed by atoms with van der Waals surface area (Å²) in [5, 5.41) is 0. The number of ether oxygens (including phenoxy) is 1. The number of sulfonamides is 1. The van der Waals surface area contributed by atoms with Crippen molar-refractivity contribution in [3.63, 3.8) is 0 Å². The van der Waals surface area contributed by atoms with Gasteiger partial charge in [0.05, 0.1) is 30.5 Å². The molecule has 0 saturated heterocycles. The Bertz CT molecular complexity index is 1120. The van der Waals surface area contributed by atoms with E-state index in [2.05, 4.69) is 15.0 Å². The summed E-state index contributed by atoms with van der Waals surface area (Å²) in [5.74, 6) is -0.473. The summed E-state index contributed by atoms with van der Waals surface area (Å²) in [5.41, 5.74) is 6.73. The lowest BCUT2D eigenvalue weighted by atomic mass is 9.91. The Labute approximate surface area is 175 Å². The first-order chi connectivity index (χ1) is 14.1. The van der Waals surface area contributed by atoms with Crippen molar-refractivity contribution < 1.29 is 17.5 Å². The van der Waals surface area contributed by atoms with Gasteiger partial charge in [0, 0.05) is 26.1 Å². The first-order valence-corrected chi connectivity index (χ1v) is 10.8. The number of benzene rings is 1. The van der Waals surface area contributed by atoms with E-state index in [9.17, 15) is 12.8 Å². The van der Waals surface area contributed by atoms with E-state index >= 15 is 0 Å². The van der Waals surface area contributed by atoms with Crippen LogP contribution >= 0.6 is 0 Å². The Morgan fingerprint density at radius 3 is 2.67 bits per heavy atom. The van der Waals surface area contributed by atoms with E-state index in [1.165, 1.54) is 13.1 Å². The van der Waals surface area contributed by atoms with Crippen molar-refractivity contribution >= 4 is 21.7 Å². The molecule has 1 atom stereocenters. The SMILES string of the molecule is CN=C(Cc1ccc(F)c([C@]2(C)CS(=O)(=O)N(C)C(N)=N2)c1)c1ccc(OC)cn1. The van der Waals surface area contributed by atoms with Crippen LogP contribution in [0.25, 0.3) is 0 Å². The number of pyridine rings is 1. The minimum absolute atomic E-state index is 0.165. The molecular weight excluding hydrogens is 409 g/mol. The molecule has 10 heteroatoms. The molecule has 0 bridgehead atoms. The fourth-order valence-corrected chi connectivity index (χ4v) is 4.78. The van der Waals surface area contributed by atoms with Crippen molar-refractivity contribution in [1.29, 1.82) is 0 Å². The standard InChI is InChI=1S/C20H24FN5O3S/c1-20(12-30(27,28)26(3)19(22)25-20)15-9-13(5-7-16(15)21)10-18(23-2)17-8-6-14(29-4)11-24-17/h5-9,11H,10,12H2,1-4H3,(H2,22,25)/t20-/m0/s1. The molecule has 2 heterocycles. The molecule has 2 aromatic rings. The molecule has 160 valence electrons. The number of aromatic nitrogens is 1. The predicted octanol–water partition coefficient (Wildman–Crippen LogP) is 1.70. The maximum absolute atomic E-state index is 14.7. The number of aliphatic imine (C=N–C) groups is 2. The van der Waals surface area contributed by atoms with Gasteiger partial charge in [-0.25, -0.2) is 22.1 Å². The van der Waals surface area contributed by atoms with E-state index in [0.717, 1.165) is 9.87 Å². The van der Waals surface area contributed by atoms with Crippen LogP contribution in [0.15, 0.2) is 46.5 Å². The maximum atomic E-state index is 14.7. The number of rotatable bonds is 5. The lowest BCUT2D eigenvalue weighted by Gasteiger charge is -2.34. The molecule has 30 heavy (non-hydrogen) atoms. The highest BCUT2D eigenvalue weighted by atomic mass is 32.2. The molecule has 0 saturated carbocycles. The average molecular weight is 434 g/mol. The second-order valence-electron chi connectivity index (χ2n) is 7.21. The zero-order chi connectivity index (χ0) is 22.1. The van der Waals surface area contributed by atoms with Gasteiger partial charge in [0.25, 0.3) is 0 Å². The van der Waals surface area contributed by atoms with Gasteiger partial charge in [-0.05, 0) is 30.7 Å². The fraction of sp³-hybridized carbons (Fsp3) is 0.350. The summed E-state index contributed by atoms with van der Waals surface area (Å²) in [6.45, 7) is 1.56. The molecule has 8 nitrogen and oxygen atoms in total. The van der Waals surface area contributed by atoms with Gasteiger partial charge in [0.2, 0.25) is 16.0 Å².